The van der Waals surface area contributed by atoms with Crippen LogP contribution in [-0.2, 0) is 0 Å². The Morgan fingerprint density at radius 2 is 1.55 bits per heavy atom. The third kappa shape index (κ3) is 4.52. The molecule has 0 radical (unpaired) electrons. The molecule has 0 aliphatic carbocycles. The standard InChI is InChI=1S/C24H20N2O2S/c1-2-28-21-14-12-20(13-15-21)23(27)26-24-25-22(16-29-24)19-10-8-18(9-11-19)17-6-4-3-5-7-17/h3-16H,2H2,1H3,(H,25,26,27). The van der Waals surface area contributed by atoms with Crippen LogP contribution in [-0.4, -0.2) is 17.5 Å². The van der Waals surface area contributed by atoms with Crippen LogP contribution in [0.2, 0.25) is 0 Å². The number of rotatable bonds is 6. The van der Waals surface area contributed by atoms with E-state index in [0.29, 0.717) is 17.3 Å². The molecule has 0 saturated carbocycles. The number of carbonyl (C=O) groups is 1. The van der Waals surface area contributed by atoms with Gasteiger partial charge in [-0.3, -0.25) is 10.1 Å². The second-order valence-corrected chi connectivity index (χ2v) is 7.25. The highest BCUT2D eigenvalue weighted by Gasteiger charge is 2.10. The van der Waals surface area contributed by atoms with Gasteiger partial charge in [-0.05, 0) is 42.3 Å². The Morgan fingerprint density at radius 3 is 2.24 bits per heavy atom. The van der Waals surface area contributed by atoms with Crippen molar-refractivity contribution >= 4 is 22.4 Å². The lowest BCUT2D eigenvalue weighted by Gasteiger charge is -2.05. The number of amides is 1. The summed E-state index contributed by atoms with van der Waals surface area (Å²) in [7, 11) is 0. The Bertz CT molecular complexity index is 1090. The van der Waals surface area contributed by atoms with E-state index in [1.807, 2.05) is 30.5 Å². The highest BCUT2D eigenvalue weighted by atomic mass is 32.1. The lowest BCUT2D eigenvalue weighted by molar-refractivity contribution is 0.102. The van der Waals surface area contributed by atoms with Crippen molar-refractivity contribution in [1.82, 2.24) is 4.98 Å². The maximum absolute atomic E-state index is 12.4. The van der Waals surface area contributed by atoms with E-state index in [4.69, 9.17) is 4.74 Å². The van der Waals surface area contributed by atoms with Crippen molar-refractivity contribution in [3.8, 4) is 28.1 Å². The molecule has 3 aromatic carbocycles. The summed E-state index contributed by atoms with van der Waals surface area (Å²) in [4.78, 5) is 17.0. The first kappa shape index (κ1) is 18.9. The molecular weight excluding hydrogens is 380 g/mol. The molecule has 0 spiro atoms. The van der Waals surface area contributed by atoms with Crippen LogP contribution < -0.4 is 10.1 Å². The van der Waals surface area contributed by atoms with Crippen LogP contribution in [0.3, 0.4) is 0 Å². The van der Waals surface area contributed by atoms with Crippen molar-refractivity contribution in [2.24, 2.45) is 0 Å². The van der Waals surface area contributed by atoms with Crippen LogP contribution in [0.5, 0.6) is 5.75 Å². The molecule has 0 atom stereocenters. The normalized spacial score (nSPS) is 10.5. The molecule has 144 valence electrons. The van der Waals surface area contributed by atoms with Crippen molar-refractivity contribution < 1.29 is 9.53 Å². The van der Waals surface area contributed by atoms with E-state index in [2.05, 4.69) is 46.7 Å². The van der Waals surface area contributed by atoms with E-state index in [-0.39, 0.29) is 5.91 Å². The van der Waals surface area contributed by atoms with Crippen molar-refractivity contribution in [2.45, 2.75) is 6.92 Å². The molecule has 0 saturated heterocycles. The minimum absolute atomic E-state index is 0.187. The smallest absolute Gasteiger partial charge is 0.257 e. The predicted molar refractivity (Wildman–Crippen MR) is 119 cm³/mol. The van der Waals surface area contributed by atoms with Crippen molar-refractivity contribution in [1.29, 1.82) is 0 Å². The Balaban J connectivity index is 1.44. The summed E-state index contributed by atoms with van der Waals surface area (Å²) in [5.74, 6) is 0.563. The summed E-state index contributed by atoms with van der Waals surface area (Å²) < 4.78 is 5.41. The van der Waals surface area contributed by atoms with Gasteiger partial charge in [0.1, 0.15) is 5.75 Å². The van der Waals surface area contributed by atoms with Gasteiger partial charge in [0, 0.05) is 16.5 Å². The molecule has 4 aromatic rings. The average molecular weight is 401 g/mol. The van der Waals surface area contributed by atoms with E-state index in [9.17, 15) is 4.79 Å². The number of nitrogens with one attached hydrogen (secondary N) is 1. The topological polar surface area (TPSA) is 51.2 Å². The van der Waals surface area contributed by atoms with Crippen LogP contribution in [0.4, 0.5) is 5.13 Å². The molecule has 1 N–H and O–H groups in total. The third-order valence-electron chi connectivity index (χ3n) is 4.44. The molecule has 4 rings (SSSR count). The Labute approximate surface area is 173 Å². The van der Waals surface area contributed by atoms with Crippen LogP contribution >= 0.6 is 11.3 Å². The SMILES string of the molecule is CCOc1ccc(C(=O)Nc2nc(-c3ccc(-c4ccccc4)cc3)cs2)cc1. The zero-order valence-electron chi connectivity index (χ0n) is 16.0. The van der Waals surface area contributed by atoms with Gasteiger partial charge in [0.25, 0.3) is 5.91 Å². The summed E-state index contributed by atoms with van der Waals surface area (Å²) in [6, 6.07) is 25.6. The highest BCUT2D eigenvalue weighted by Crippen LogP contribution is 2.28. The van der Waals surface area contributed by atoms with Crippen LogP contribution in [0.25, 0.3) is 22.4 Å². The molecule has 0 bridgehead atoms. The fourth-order valence-corrected chi connectivity index (χ4v) is 3.68. The Morgan fingerprint density at radius 1 is 0.897 bits per heavy atom. The van der Waals surface area contributed by atoms with Gasteiger partial charge in [0.2, 0.25) is 0 Å². The molecule has 1 heterocycles. The highest BCUT2D eigenvalue weighted by molar-refractivity contribution is 7.14. The number of carbonyl (C=O) groups excluding carboxylic acids is 1. The molecule has 5 heteroatoms. The molecule has 0 aliphatic rings. The number of anilines is 1. The molecule has 4 nitrogen and oxygen atoms in total. The zero-order chi connectivity index (χ0) is 20.1. The van der Waals surface area contributed by atoms with E-state index >= 15 is 0 Å². The number of hydrogen-bond donors (Lipinski definition) is 1. The fourth-order valence-electron chi connectivity index (χ4n) is 2.97. The average Bonchev–Trinajstić information content (AvgIpc) is 3.24. The summed E-state index contributed by atoms with van der Waals surface area (Å²) in [6.45, 7) is 2.52. The van der Waals surface area contributed by atoms with Gasteiger partial charge in [-0.2, -0.15) is 0 Å². The van der Waals surface area contributed by atoms with E-state index < -0.39 is 0 Å². The summed E-state index contributed by atoms with van der Waals surface area (Å²) in [6.07, 6.45) is 0. The lowest BCUT2D eigenvalue weighted by Crippen LogP contribution is -2.11. The van der Waals surface area contributed by atoms with Crippen LogP contribution in [0.1, 0.15) is 17.3 Å². The van der Waals surface area contributed by atoms with Gasteiger partial charge in [-0.25, -0.2) is 4.98 Å². The lowest BCUT2D eigenvalue weighted by atomic mass is 10.0. The molecular formula is C24H20N2O2S. The summed E-state index contributed by atoms with van der Waals surface area (Å²) >= 11 is 1.41. The van der Waals surface area contributed by atoms with Gasteiger partial charge in [-0.15, -0.1) is 11.3 Å². The Kier molecular flexibility index (Phi) is 5.68. The number of hydrogen-bond acceptors (Lipinski definition) is 4. The monoisotopic (exact) mass is 400 g/mol. The van der Waals surface area contributed by atoms with Crippen LogP contribution in [0.15, 0.2) is 84.2 Å². The number of aromatic nitrogens is 1. The number of nitrogens with zero attached hydrogens (tertiary/aromatic N) is 1. The number of ether oxygens (including phenoxy) is 1. The second-order valence-electron chi connectivity index (χ2n) is 6.39. The largest absolute Gasteiger partial charge is 0.494 e. The second kappa shape index (κ2) is 8.71. The summed E-state index contributed by atoms with van der Waals surface area (Å²) in [5, 5.41) is 5.39. The molecule has 0 unspecified atom stereocenters. The predicted octanol–water partition coefficient (Wildman–Crippen LogP) is 6.13. The zero-order valence-corrected chi connectivity index (χ0v) is 16.8. The Hall–Kier alpha value is -3.44. The number of thiazole rings is 1. The third-order valence-corrected chi connectivity index (χ3v) is 5.20. The minimum atomic E-state index is -0.187. The first-order chi connectivity index (χ1) is 14.2. The quantitative estimate of drug-likeness (QED) is 0.424. The first-order valence-electron chi connectivity index (χ1n) is 9.38. The van der Waals surface area contributed by atoms with Crippen molar-refractivity contribution in [2.75, 3.05) is 11.9 Å². The van der Waals surface area contributed by atoms with E-state index in [1.165, 1.54) is 16.9 Å². The maximum Gasteiger partial charge on any atom is 0.257 e. The number of benzene rings is 3. The molecule has 29 heavy (non-hydrogen) atoms. The molecule has 1 amide bonds. The molecule has 0 aliphatic heterocycles. The van der Waals surface area contributed by atoms with Gasteiger partial charge in [-0.1, -0.05) is 54.6 Å². The maximum atomic E-state index is 12.4. The van der Waals surface area contributed by atoms with Gasteiger partial charge >= 0.3 is 0 Å². The van der Waals surface area contributed by atoms with Crippen molar-refractivity contribution in [3.05, 3.63) is 89.8 Å². The first-order valence-corrected chi connectivity index (χ1v) is 10.3. The molecule has 0 fully saturated rings. The van der Waals surface area contributed by atoms with Gasteiger partial charge < -0.3 is 4.74 Å². The minimum Gasteiger partial charge on any atom is -0.494 e. The fraction of sp³-hybridized carbons (Fsp3) is 0.0833. The van der Waals surface area contributed by atoms with Crippen molar-refractivity contribution in [3.63, 3.8) is 0 Å². The summed E-state index contributed by atoms with van der Waals surface area (Å²) in [5.41, 5.74) is 4.77. The van der Waals surface area contributed by atoms with Gasteiger partial charge in [0.15, 0.2) is 5.13 Å². The van der Waals surface area contributed by atoms with E-state index in [1.54, 1.807) is 24.3 Å². The van der Waals surface area contributed by atoms with E-state index in [0.717, 1.165) is 22.6 Å². The molecule has 1 aromatic heterocycles. The van der Waals surface area contributed by atoms with Crippen LogP contribution in [0, 0.1) is 0 Å². The van der Waals surface area contributed by atoms with Gasteiger partial charge in [0.05, 0.1) is 12.3 Å².